The molecule has 1 aromatic rings. The molecular formula is C16H15N3O7S. The van der Waals surface area contributed by atoms with E-state index in [0.29, 0.717) is 5.56 Å². The number of amides is 2. The van der Waals surface area contributed by atoms with Gasteiger partial charge in [-0.15, -0.1) is 11.8 Å². The summed E-state index contributed by atoms with van der Waals surface area (Å²) in [4.78, 5) is 47.0. The fraction of sp³-hybridized carbons (Fsp3) is 0.312. The number of rotatable bonds is 5. The third-order valence-electron chi connectivity index (χ3n) is 4.02. The second kappa shape index (κ2) is 7.27. The summed E-state index contributed by atoms with van der Waals surface area (Å²) in [5.74, 6) is -1.93. The lowest BCUT2D eigenvalue weighted by Gasteiger charge is -2.48. The van der Waals surface area contributed by atoms with E-state index in [1.807, 2.05) is 0 Å². The summed E-state index contributed by atoms with van der Waals surface area (Å²) in [5, 5.41) is 22.7. The van der Waals surface area contributed by atoms with Gasteiger partial charge in [0.05, 0.1) is 10.7 Å². The molecule has 1 aromatic carbocycles. The molecule has 142 valence electrons. The Kier molecular flexibility index (Phi) is 5.04. The number of carbonyl (C=O) groups excluding carboxylic acids is 3. The molecule has 3 rings (SSSR count). The van der Waals surface area contributed by atoms with Gasteiger partial charge in [0.1, 0.15) is 23.8 Å². The molecule has 1 fully saturated rings. The van der Waals surface area contributed by atoms with Gasteiger partial charge in [0.15, 0.2) is 5.70 Å². The molecule has 0 bridgehead atoms. The van der Waals surface area contributed by atoms with Crippen molar-refractivity contribution in [2.24, 2.45) is 0 Å². The minimum atomic E-state index is -0.884. The Morgan fingerprint density at radius 3 is 2.67 bits per heavy atom. The van der Waals surface area contributed by atoms with Gasteiger partial charge in [-0.25, -0.2) is 4.79 Å². The van der Waals surface area contributed by atoms with E-state index in [2.05, 4.69) is 5.32 Å². The standard InChI is InChI=1S/C16H15N3O7S/c1-8(20)17-12-14(22)18-13(11(21)7-27-15(12)18)16(23)26-6-9-2-4-10(5-3-9)19(24)25/h2-5,12,15,21H,6-7H2,1H3,(H,17,20)/t12?,15-/m1/s1. The van der Waals surface area contributed by atoms with Gasteiger partial charge in [-0.3, -0.25) is 24.6 Å². The molecule has 2 aliphatic rings. The molecule has 1 unspecified atom stereocenters. The van der Waals surface area contributed by atoms with Crippen molar-refractivity contribution >= 4 is 35.2 Å². The Balaban J connectivity index is 1.67. The molecule has 0 radical (unpaired) electrons. The van der Waals surface area contributed by atoms with Gasteiger partial charge in [-0.2, -0.15) is 0 Å². The van der Waals surface area contributed by atoms with E-state index >= 15 is 0 Å². The van der Waals surface area contributed by atoms with Gasteiger partial charge in [-0.05, 0) is 17.7 Å². The van der Waals surface area contributed by atoms with Gasteiger partial charge in [0, 0.05) is 19.1 Å². The predicted molar refractivity (Wildman–Crippen MR) is 93.2 cm³/mol. The summed E-state index contributed by atoms with van der Waals surface area (Å²) in [6.45, 7) is 1.11. The summed E-state index contributed by atoms with van der Waals surface area (Å²) < 4.78 is 5.14. The van der Waals surface area contributed by atoms with E-state index in [4.69, 9.17) is 4.74 Å². The number of nitro benzene ring substituents is 1. The fourth-order valence-corrected chi connectivity index (χ4v) is 3.94. The number of thioether (sulfide) groups is 1. The lowest BCUT2D eigenvalue weighted by Crippen LogP contribution is -2.70. The average Bonchev–Trinajstić information content (AvgIpc) is 2.64. The van der Waals surface area contributed by atoms with Gasteiger partial charge < -0.3 is 15.2 Å². The molecule has 0 aliphatic carbocycles. The zero-order valence-corrected chi connectivity index (χ0v) is 14.9. The highest BCUT2D eigenvalue weighted by Crippen LogP contribution is 2.39. The number of benzene rings is 1. The summed E-state index contributed by atoms with van der Waals surface area (Å²) >= 11 is 1.23. The Morgan fingerprint density at radius 2 is 2.07 bits per heavy atom. The average molecular weight is 393 g/mol. The van der Waals surface area contributed by atoms with Crippen molar-refractivity contribution in [3.63, 3.8) is 0 Å². The van der Waals surface area contributed by atoms with Crippen LogP contribution in [0.15, 0.2) is 35.7 Å². The molecule has 2 heterocycles. The number of aliphatic hydroxyl groups is 1. The molecule has 2 amide bonds. The first-order valence-corrected chi connectivity index (χ1v) is 8.89. The molecule has 27 heavy (non-hydrogen) atoms. The number of nitro groups is 1. The lowest BCUT2D eigenvalue weighted by molar-refractivity contribution is -0.384. The topological polar surface area (TPSA) is 139 Å². The monoisotopic (exact) mass is 393 g/mol. The minimum Gasteiger partial charge on any atom is -0.509 e. The molecule has 2 N–H and O–H groups in total. The molecular weight excluding hydrogens is 378 g/mol. The third kappa shape index (κ3) is 3.58. The third-order valence-corrected chi connectivity index (χ3v) is 5.28. The van der Waals surface area contributed by atoms with Crippen LogP contribution in [0.5, 0.6) is 0 Å². The number of β-lactam (4-membered cyclic amide) rings is 1. The Labute approximate surface area is 157 Å². The van der Waals surface area contributed by atoms with E-state index in [9.17, 15) is 29.6 Å². The van der Waals surface area contributed by atoms with Crippen LogP contribution in [0.4, 0.5) is 5.69 Å². The first-order chi connectivity index (χ1) is 12.8. The number of nitrogens with one attached hydrogen (secondary N) is 1. The Bertz CT molecular complexity index is 852. The van der Waals surface area contributed by atoms with Crippen LogP contribution in [0.2, 0.25) is 0 Å². The van der Waals surface area contributed by atoms with Crippen molar-refractivity contribution in [3.8, 4) is 0 Å². The normalized spacial score (nSPS) is 21.2. The fourth-order valence-electron chi connectivity index (χ4n) is 2.74. The molecule has 0 aromatic heterocycles. The molecule has 2 aliphatic heterocycles. The highest BCUT2D eigenvalue weighted by atomic mass is 32.2. The van der Waals surface area contributed by atoms with Crippen LogP contribution in [0.3, 0.4) is 0 Å². The van der Waals surface area contributed by atoms with Crippen molar-refractivity contribution in [1.82, 2.24) is 10.2 Å². The number of hydrogen-bond acceptors (Lipinski definition) is 8. The van der Waals surface area contributed by atoms with Crippen molar-refractivity contribution < 1.29 is 29.2 Å². The molecule has 10 nitrogen and oxygen atoms in total. The first kappa shape index (κ1) is 18.7. The maximum absolute atomic E-state index is 12.4. The van der Waals surface area contributed by atoms with Crippen LogP contribution in [-0.2, 0) is 25.7 Å². The molecule has 0 spiro atoms. The van der Waals surface area contributed by atoms with Crippen molar-refractivity contribution in [1.29, 1.82) is 0 Å². The van der Waals surface area contributed by atoms with E-state index in [1.54, 1.807) is 0 Å². The minimum absolute atomic E-state index is 0.0900. The Hall–Kier alpha value is -3.08. The maximum Gasteiger partial charge on any atom is 0.358 e. The molecule has 11 heteroatoms. The van der Waals surface area contributed by atoms with E-state index in [-0.39, 0.29) is 35.4 Å². The van der Waals surface area contributed by atoms with Crippen molar-refractivity contribution in [3.05, 3.63) is 51.4 Å². The zero-order chi connectivity index (χ0) is 19.7. The largest absolute Gasteiger partial charge is 0.509 e. The number of fused-ring (bicyclic) bond motifs is 1. The van der Waals surface area contributed by atoms with Crippen LogP contribution in [0, 0.1) is 10.1 Å². The van der Waals surface area contributed by atoms with Gasteiger partial charge in [0.2, 0.25) is 5.91 Å². The van der Waals surface area contributed by atoms with Crippen LogP contribution >= 0.6 is 11.8 Å². The maximum atomic E-state index is 12.4. The van der Waals surface area contributed by atoms with Gasteiger partial charge in [0.25, 0.3) is 11.6 Å². The number of hydrogen-bond donors (Lipinski definition) is 2. The molecule has 2 atom stereocenters. The predicted octanol–water partition coefficient (Wildman–Crippen LogP) is 0.827. The number of aliphatic hydroxyl groups excluding tert-OH is 1. The lowest BCUT2D eigenvalue weighted by atomic mass is 10.0. The Morgan fingerprint density at radius 1 is 1.41 bits per heavy atom. The zero-order valence-electron chi connectivity index (χ0n) is 14.1. The highest BCUT2D eigenvalue weighted by molar-refractivity contribution is 8.00. The molecule has 1 saturated heterocycles. The van der Waals surface area contributed by atoms with Crippen LogP contribution in [0.25, 0.3) is 0 Å². The summed E-state index contributed by atoms with van der Waals surface area (Å²) in [6.07, 6.45) is 0. The van der Waals surface area contributed by atoms with Gasteiger partial charge >= 0.3 is 5.97 Å². The van der Waals surface area contributed by atoms with Crippen LogP contribution in [-0.4, -0.2) is 49.9 Å². The number of nitrogens with zero attached hydrogens (tertiary/aromatic N) is 2. The van der Waals surface area contributed by atoms with E-state index in [1.165, 1.54) is 43.0 Å². The highest BCUT2D eigenvalue weighted by Gasteiger charge is 2.54. The van der Waals surface area contributed by atoms with Crippen molar-refractivity contribution in [2.45, 2.75) is 24.9 Å². The SMILES string of the molecule is CC(=O)NC1C(=O)N2C(C(=O)OCc3ccc([N+](=O)[O-])cc3)=C(O)CS[C@H]12. The summed E-state index contributed by atoms with van der Waals surface area (Å²) in [5.41, 5.74) is 0.182. The van der Waals surface area contributed by atoms with Gasteiger partial charge in [-0.1, -0.05) is 0 Å². The van der Waals surface area contributed by atoms with Crippen molar-refractivity contribution in [2.75, 3.05) is 5.75 Å². The first-order valence-electron chi connectivity index (χ1n) is 7.84. The smallest absolute Gasteiger partial charge is 0.358 e. The second-order valence-corrected chi connectivity index (χ2v) is 6.99. The number of carbonyl (C=O) groups is 3. The second-order valence-electron chi connectivity index (χ2n) is 5.88. The quantitative estimate of drug-likeness (QED) is 0.324. The van der Waals surface area contributed by atoms with E-state index in [0.717, 1.165) is 4.90 Å². The summed E-state index contributed by atoms with van der Waals surface area (Å²) in [7, 11) is 0. The van der Waals surface area contributed by atoms with Crippen LogP contribution in [0.1, 0.15) is 12.5 Å². The molecule has 0 saturated carbocycles. The summed E-state index contributed by atoms with van der Waals surface area (Å²) in [6, 6.07) is 4.70. The van der Waals surface area contributed by atoms with Crippen LogP contribution < -0.4 is 5.32 Å². The number of ether oxygens (including phenoxy) is 1. The van der Waals surface area contributed by atoms with E-state index < -0.39 is 28.2 Å². The number of non-ortho nitro benzene ring substituents is 1. The number of esters is 1.